The molecule has 0 spiro atoms. The Morgan fingerprint density at radius 1 is 1.50 bits per heavy atom. The zero-order valence-electron chi connectivity index (χ0n) is 12.3. The van der Waals surface area contributed by atoms with Gasteiger partial charge < -0.3 is 4.74 Å². The summed E-state index contributed by atoms with van der Waals surface area (Å²) in [4.78, 5) is 25.9. The van der Waals surface area contributed by atoms with Crippen LogP contribution in [-0.4, -0.2) is 27.7 Å². The van der Waals surface area contributed by atoms with Gasteiger partial charge in [-0.3, -0.25) is 5.32 Å². The molecule has 1 amide bonds. The summed E-state index contributed by atoms with van der Waals surface area (Å²) < 4.78 is 4.99. The van der Waals surface area contributed by atoms with E-state index in [4.69, 9.17) is 4.74 Å². The molecule has 0 aromatic carbocycles. The molecule has 2 heterocycles. The van der Waals surface area contributed by atoms with Crippen LogP contribution < -0.4 is 5.32 Å². The summed E-state index contributed by atoms with van der Waals surface area (Å²) in [6.07, 6.45) is 5.29. The summed E-state index contributed by atoms with van der Waals surface area (Å²) in [5.41, 5.74) is 3.03. The second-order valence-electron chi connectivity index (χ2n) is 4.91. The largest absolute Gasteiger partial charge is 0.449 e. The summed E-state index contributed by atoms with van der Waals surface area (Å²) in [6.45, 7) is 5.85. The zero-order chi connectivity index (χ0) is 15.5. The molecular formula is C15H16N4O2S. The molecule has 1 aliphatic rings. The quantitative estimate of drug-likeness (QED) is 0.692. The summed E-state index contributed by atoms with van der Waals surface area (Å²) >= 11 is 1.62. The van der Waals surface area contributed by atoms with Crippen molar-refractivity contribution in [2.24, 2.45) is 0 Å². The van der Waals surface area contributed by atoms with Crippen LogP contribution in [-0.2, 0) is 17.6 Å². The van der Waals surface area contributed by atoms with Crippen molar-refractivity contribution in [3.8, 4) is 10.6 Å². The molecule has 0 fully saturated rings. The second kappa shape index (κ2) is 6.23. The van der Waals surface area contributed by atoms with Crippen molar-refractivity contribution in [1.82, 2.24) is 15.0 Å². The number of aromatic nitrogens is 3. The van der Waals surface area contributed by atoms with E-state index < -0.39 is 6.09 Å². The highest BCUT2D eigenvalue weighted by Crippen LogP contribution is 2.36. The van der Waals surface area contributed by atoms with E-state index in [9.17, 15) is 4.79 Å². The van der Waals surface area contributed by atoms with E-state index in [1.165, 1.54) is 0 Å². The Labute approximate surface area is 132 Å². The molecule has 0 aliphatic heterocycles. The van der Waals surface area contributed by atoms with Gasteiger partial charge in [0, 0.05) is 6.20 Å². The number of hydrogen-bond acceptors (Lipinski definition) is 6. The number of rotatable bonds is 4. The molecular weight excluding hydrogens is 300 g/mol. The number of thiazole rings is 1. The van der Waals surface area contributed by atoms with Gasteiger partial charge in [0.05, 0.1) is 27.9 Å². The summed E-state index contributed by atoms with van der Waals surface area (Å²) in [5, 5.41) is 3.58. The predicted molar refractivity (Wildman–Crippen MR) is 85.1 cm³/mol. The van der Waals surface area contributed by atoms with E-state index in [1.54, 1.807) is 23.6 Å². The Morgan fingerprint density at radius 2 is 2.36 bits per heavy atom. The van der Waals surface area contributed by atoms with Gasteiger partial charge in [-0.25, -0.2) is 19.7 Å². The van der Waals surface area contributed by atoms with Crippen LogP contribution in [0.5, 0.6) is 0 Å². The molecule has 0 saturated carbocycles. The number of fused-ring (bicyclic) bond motifs is 3. The number of carbonyl (C=O) groups is 1. The summed E-state index contributed by atoms with van der Waals surface area (Å²) in [6, 6.07) is 0. The van der Waals surface area contributed by atoms with Crippen LogP contribution >= 0.6 is 11.3 Å². The molecule has 0 unspecified atom stereocenters. The van der Waals surface area contributed by atoms with Gasteiger partial charge in [-0.15, -0.1) is 17.9 Å². The number of carbonyl (C=O) groups excluding carboxylic acids is 1. The lowest BCUT2D eigenvalue weighted by atomic mass is 10.00. The van der Waals surface area contributed by atoms with Crippen LogP contribution in [0.4, 0.5) is 10.7 Å². The van der Waals surface area contributed by atoms with Crippen molar-refractivity contribution in [3.05, 3.63) is 35.1 Å². The van der Waals surface area contributed by atoms with E-state index >= 15 is 0 Å². The van der Waals surface area contributed by atoms with Crippen molar-refractivity contribution in [2.45, 2.75) is 26.2 Å². The fourth-order valence-electron chi connectivity index (χ4n) is 2.29. The second-order valence-corrected chi connectivity index (χ2v) is 6.12. The Kier molecular flexibility index (Phi) is 4.15. The Hall–Kier alpha value is -2.28. The molecule has 2 aromatic rings. The molecule has 0 bridgehead atoms. The fourth-order valence-corrected chi connectivity index (χ4v) is 3.28. The third kappa shape index (κ3) is 2.99. The third-order valence-electron chi connectivity index (χ3n) is 3.28. The predicted octanol–water partition coefficient (Wildman–Crippen LogP) is 3.13. The SMILES string of the molecule is C=CCCOC(=O)Nc1ncc2c(n1)-c1sc(C)nc1CC2. The van der Waals surface area contributed by atoms with Crippen molar-refractivity contribution >= 4 is 23.4 Å². The minimum Gasteiger partial charge on any atom is -0.449 e. The van der Waals surface area contributed by atoms with E-state index in [2.05, 4.69) is 26.8 Å². The van der Waals surface area contributed by atoms with Crippen molar-refractivity contribution in [3.63, 3.8) is 0 Å². The van der Waals surface area contributed by atoms with Gasteiger partial charge in [0.2, 0.25) is 5.95 Å². The maximum absolute atomic E-state index is 11.6. The number of amides is 1. The molecule has 1 aliphatic carbocycles. The Bertz CT molecular complexity index is 726. The molecule has 2 aromatic heterocycles. The first kappa shape index (κ1) is 14.6. The summed E-state index contributed by atoms with van der Waals surface area (Å²) in [7, 11) is 0. The number of aryl methyl sites for hydroxylation is 3. The normalized spacial score (nSPS) is 12.2. The fraction of sp³-hybridized carbons (Fsp3) is 0.333. The molecule has 0 atom stereocenters. The molecule has 0 radical (unpaired) electrons. The summed E-state index contributed by atoms with van der Waals surface area (Å²) in [5.74, 6) is 0.251. The molecule has 114 valence electrons. The number of nitrogens with zero attached hydrogens (tertiary/aromatic N) is 3. The smallest absolute Gasteiger partial charge is 0.414 e. The monoisotopic (exact) mass is 316 g/mol. The standard InChI is InChI=1S/C15H16N4O2S/c1-3-4-7-21-15(20)19-14-16-8-10-5-6-11-13(12(10)18-14)22-9(2)17-11/h3,8H,1,4-7H2,2H3,(H,16,18,19,20). The van der Waals surface area contributed by atoms with Gasteiger partial charge >= 0.3 is 6.09 Å². The molecule has 22 heavy (non-hydrogen) atoms. The van der Waals surface area contributed by atoms with Crippen molar-refractivity contribution in [1.29, 1.82) is 0 Å². The first-order chi connectivity index (χ1) is 10.7. The lowest BCUT2D eigenvalue weighted by Gasteiger charge is -2.14. The minimum absolute atomic E-state index is 0.251. The van der Waals surface area contributed by atoms with Gasteiger partial charge in [0.25, 0.3) is 0 Å². The van der Waals surface area contributed by atoms with Crippen molar-refractivity contribution in [2.75, 3.05) is 11.9 Å². The van der Waals surface area contributed by atoms with Gasteiger partial charge in [0.15, 0.2) is 0 Å². The lowest BCUT2D eigenvalue weighted by molar-refractivity contribution is 0.163. The highest BCUT2D eigenvalue weighted by atomic mass is 32.1. The van der Waals surface area contributed by atoms with Gasteiger partial charge in [-0.05, 0) is 31.7 Å². The average molecular weight is 316 g/mol. The maximum atomic E-state index is 11.6. The Balaban J connectivity index is 1.79. The molecule has 0 saturated heterocycles. The van der Waals surface area contributed by atoms with Gasteiger partial charge in [0.1, 0.15) is 0 Å². The van der Waals surface area contributed by atoms with Gasteiger partial charge in [-0.2, -0.15) is 0 Å². The third-order valence-corrected chi connectivity index (χ3v) is 4.30. The molecule has 7 heteroatoms. The average Bonchev–Trinajstić information content (AvgIpc) is 2.88. The highest BCUT2D eigenvalue weighted by molar-refractivity contribution is 7.15. The van der Waals surface area contributed by atoms with Crippen molar-refractivity contribution < 1.29 is 9.53 Å². The number of nitrogens with one attached hydrogen (secondary N) is 1. The van der Waals surface area contributed by atoms with E-state index in [-0.39, 0.29) is 5.95 Å². The lowest BCUT2D eigenvalue weighted by Crippen LogP contribution is -2.17. The molecule has 3 rings (SSSR count). The molecule has 1 N–H and O–H groups in total. The molecule has 6 nitrogen and oxygen atoms in total. The number of hydrogen-bond donors (Lipinski definition) is 1. The van der Waals surface area contributed by atoms with E-state index in [0.717, 1.165) is 39.7 Å². The van der Waals surface area contributed by atoms with Crippen LogP contribution in [0.1, 0.15) is 22.7 Å². The Morgan fingerprint density at radius 3 is 3.18 bits per heavy atom. The van der Waals surface area contributed by atoms with E-state index in [0.29, 0.717) is 13.0 Å². The van der Waals surface area contributed by atoms with Crippen LogP contribution in [0.15, 0.2) is 18.9 Å². The first-order valence-electron chi connectivity index (χ1n) is 7.04. The van der Waals surface area contributed by atoms with Crippen LogP contribution in [0.3, 0.4) is 0 Å². The number of ether oxygens (including phenoxy) is 1. The number of anilines is 1. The minimum atomic E-state index is -0.557. The maximum Gasteiger partial charge on any atom is 0.414 e. The van der Waals surface area contributed by atoms with E-state index in [1.807, 2.05) is 6.92 Å². The topological polar surface area (TPSA) is 77.0 Å². The highest BCUT2D eigenvalue weighted by Gasteiger charge is 2.22. The van der Waals surface area contributed by atoms with Gasteiger partial charge in [-0.1, -0.05) is 6.08 Å². The van der Waals surface area contributed by atoms with Crippen LogP contribution in [0.25, 0.3) is 10.6 Å². The van der Waals surface area contributed by atoms with Crippen LogP contribution in [0.2, 0.25) is 0 Å². The first-order valence-corrected chi connectivity index (χ1v) is 7.86. The zero-order valence-corrected chi connectivity index (χ0v) is 13.1. The van der Waals surface area contributed by atoms with Crippen LogP contribution in [0, 0.1) is 6.92 Å².